The highest BCUT2D eigenvalue weighted by molar-refractivity contribution is 6.10. The maximum Gasteiger partial charge on any atom is 0.153 e. The lowest BCUT2D eigenvalue weighted by Gasteiger charge is -2.45. The fourth-order valence-electron chi connectivity index (χ4n) is 4.55. The number of nitrogens with zero attached hydrogens (tertiary/aromatic N) is 1. The molecule has 0 amide bonds. The third-order valence-corrected chi connectivity index (χ3v) is 6.04. The monoisotopic (exact) mass is 355 g/mol. The molecule has 0 aliphatic heterocycles. The van der Waals surface area contributed by atoms with Gasteiger partial charge in [0.1, 0.15) is 11.3 Å². The number of fused-ring (bicyclic) bond motifs is 3. The van der Waals surface area contributed by atoms with Crippen LogP contribution in [-0.2, 0) is 5.41 Å². The van der Waals surface area contributed by atoms with E-state index in [0.717, 1.165) is 29.2 Å². The Hall–Kier alpha value is -3.07. The molecule has 0 radical (unpaired) electrons. The highest BCUT2D eigenvalue weighted by Gasteiger charge is 2.45. The van der Waals surface area contributed by atoms with Gasteiger partial charge in [0.15, 0.2) is 5.76 Å². The van der Waals surface area contributed by atoms with Crippen molar-refractivity contribution in [2.75, 3.05) is 0 Å². The van der Waals surface area contributed by atoms with E-state index in [2.05, 4.69) is 54.5 Å². The smallest absolute Gasteiger partial charge is 0.153 e. The molecule has 3 heteroatoms. The van der Waals surface area contributed by atoms with Crippen molar-refractivity contribution in [3.05, 3.63) is 84.1 Å². The van der Waals surface area contributed by atoms with E-state index in [9.17, 15) is 5.21 Å². The fraction of sp³-hybridized carbons (Fsp3) is 0.208. The average molecular weight is 355 g/mol. The maximum atomic E-state index is 9.72. The number of oxime groups is 1. The fourth-order valence-corrected chi connectivity index (χ4v) is 4.55. The summed E-state index contributed by atoms with van der Waals surface area (Å²) >= 11 is 0. The molecule has 0 bridgehead atoms. The molecule has 1 fully saturated rings. The molecule has 1 aromatic heterocycles. The molecule has 0 unspecified atom stereocenters. The number of benzene rings is 3. The zero-order chi connectivity index (χ0) is 18.4. The molecule has 1 aliphatic rings. The van der Waals surface area contributed by atoms with Crippen LogP contribution < -0.4 is 0 Å². The Morgan fingerprint density at radius 2 is 1.70 bits per heavy atom. The molecule has 134 valence electrons. The summed E-state index contributed by atoms with van der Waals surface area (Å²) in [4.78, 5) is 0. The second kappa shape index (κ2) is 5.98. The maximum absolute atomic E-state index is 9.72. The van der Waals surface area contributed by atoms with Gasteiger partial charge in [0.2, 0.25) is 0 Å². The van der Waals surface area contributed by atoms with E-state index in [1.54, 1.807) is 0 Å². The summed E-state index contributed by atoms with van der Waals surface area (Å²) in [7, 11) is 0. The summed E-state index contributed by atoms with van der Waals surface area (Å²) in [6.07, 6.45) is 1.91. The molecular formula is C24H21NO2. The summed E-state index contributed by atoms with van der Waals surface area (Å²) in [5.74, 6) is 0.871. The van der Waals surface area contributed by atoms with Gasteiger partial charge in [0.25, 0.3) is 0 Å². The van der Waals surface area contributed by atoms with Crippen LogP contribution in [0.25, 0.3) is 21.7 Å². The van der Waals surface area contributed by atoms with Gasteiger partial charge in [-0.2, -0.15) is 0 Å². The van der Waals surface area contributed by atoms with Crippen molar-refractivity contribution in [1.82, 2.24) is 0 Å². The van der Waals surface area contributed by atoms with Gasteiger partial charge in [-0.25, -0.2) is 0 Å². The van der Waals surface area contributed by atoms with Crippen LogP contribution in [0.3, 0.4) is 0 Å². The van der Waals surface area contributed by atoms with Gasteiger partial charge in [0, 0.05) is 11.3 Å². The largest absolute Gasteiger partial charge is 0.455 e. The van der Waals surface area contributed by atoms with E-state index < -0.39 is 0 Å². The van der Waals surface area contributed by atoms with Crippen molar-refractivity contribution >= 4 is 27.5 Å². The molecule has 0 spiro atoms. The Morgan fingerprint density at radius 1 is 0.963 bits per heavy atom. The van der Waals surface area contributed by atoms with E-state index in [-0.39, 0.29) is 11.3 Å². The van der Waals surface area contributed by atoms with Crippen LogP contribution in [0.2, 0.25) is 0 Å². The first-order chi connectivity index (χ1) is 13.2. The molecular weight excluding hydrogens is 334 g/mol. The molecule has 1 N–H and O–H groups in total. The molecule has 0 saturated heterocycles. The lowest BCUT2D eigenvalue weighted by molar-refractivity contribution is 0.209. The number of rotatable bonds is 3. The minimum Gasteiger partial charge on any atom is -0.455 e. The van der Waals surface area contributed by atoms with Crippen molar-refractivity contribution in [3.8, 4) is 0 Å². The molecule has 4 aromatic rings. The number of hydrogen-bond donors (Lipinski definition) is 1. The van der Waals surface area contributed by atoms with Gasteiger partial charge < -0.3 is 9.62 Å². The molecule has 3 aromatic carbocycles. The van der Waals surface area contributed by atoms with E-state index in [0.29, 0.717) is 11.5 Å². The lowest BCUT2D eigenvalue weighted by atomic mass is 9.58. The Labute approximate surface area is 157 Å². The molecule has 1 aliphatic carbocycles. The molecule has 0 atom stereocenters. The van der Waals surface area contributed by atoms with Crippen LogP contribution in [0.1, 0.15) is 31.1 Å². The van der Waals surface area contributed by atoms with Crippen LogP contribution in [0.4, 0.5) is 0 Å². The molecule has 3 nitrogen and oxygen atoms in total. The van der Waals surface area contributed by atoms with Crippen molar-refractivity contribution in [3.63, 3.8) is 0 Å². The number of hydrogen-bond acceptors (Lipinski definition) is 3. The predicted octanol–water partition coefficient (Wildman–Crippen LogP) is 6.13. The Kier molecular flexibility index (Phi) is 3.57. The second-order valence-corrected chi connectivity index (χ2v) is 7.83. The Morgan fingerprint density at radius 3 is 2.48 bits per heavy atom. The Bertz CT molecular complexity index is 1150. The summed E-state index contributed by atoms with van der Waals surface area (Å²) in [6.45, 7) is 2.28. The number of furan rings is 1. The molecule has 1 saturated carbocycles. The van der Waals surface area contributed by atoms with Crippen LogP contribution >= 0.6 is 0 Å². The van der Waals surface area contributed by atoms with Crippen LogP contribution in [0.5, 0.6) is 0 Å². The third kappa shape index (κ3) is 2.54. The SMILES string of the molecule is CC1(c2ccccc2)CC(/C(=N\O)c2cc3c(ccc4ccccc43)o2)C1. The van der Waals surface area contributed by atoms with E-state index in [4.69, 9.17) is 4.42 Å². The van der Waals surface area contributed by atoms with Gasteiger partial charge in [-0.1, -0.05) is 72.7 Å². The van der Waals surface area contributed by atoms with Crippen molar-refractivity contribution in [2.24, 2.45) is 11.1 Å². The first-order valence-corrected chi connectivity index (χ1v) is 9.37. The van der Waals surface area contributed by atoms with E-state index >= 15 is 0 Å². The van der Waals surface area contributed by atoms with Crippen molar-refractivity contribution < 1.29 is 9.62 Å². The zero-order valence-corrected chi connectivity index (χ0v) is 15.2. The first-order valence-electron chi connectivity index (χ1n) is 9.37. The van der Waals surface area contributed by atoms with Gasteiger partial charge in [-0.3, -0.25) is 0 Å². The highest BCUT2D eigenvalue weighted by atomic mass is 16.4. The summed E-state index contributed by atoms with van der Waals surface area (Å²) in [5.41, 5.74) is 2.95. The molecule has 5 rings (SSSR count). The third-order valence-electron chi connectivity index (χ3n) is 6.04. The first kappa shape index (κ1) is 16.1. The van der Waals surface area contributed by atoms with Gasteiger partial charge >= 0.3 is 0 Å². The van der Waals surface area contributed by atoms with Crippen molar-refractivity contribution in [2.45, 2.75) is 25.2 Å². The molecule has 1 heterocycles. The van der Waals surface area contributed by atoms with E-state index in [1.165, 1.54) is 10.9 Å². The van der Waals surface area contributed by atoms with Crippen LogP contribution in [-0.4, -0.2) is 10.9 Å². The quantitative estimate of drug-likeness (QED) is 0.273. The minimum atomic E-state index is 0.126. The van der Waals surface area contributed by atoms with Crippen molar-refractivity contribution in [1.29, 1.82) is 0 Å². The van der Waals surface area contributed by atoms with Crippen LogP contribution in [0, 0.1) is 5.92 Å². The van der Waals surface area contributed by atoms with E-state index in [1.807, 2.05) is 30.3 Å². The predicted molar refractivity (Wildman–Crippen MR) is 109 cm³/mol. The average Bonchev–Trinajstić information content (AvgIpc) is 3.12. The summed E-state index contributed by atoms with van der Waals surface area (Å²) < 4.78 is 6.07. The zero-order valence-electron chi connectivity index (χ0n) is 15.2. The highest BCUT2D eigenvalue weighted by Crippen LogP contribution is 2.49. The van der Waals surface area contributed by atoms with Crippen LogP contribution in [0.15, 0.2) is 82.4 Å². The second-order valence-electron chi connectivity index (χ2n) is 7.83. The molecule has 27 heavy (non-hydrogen) atoms. The lowest BCUT2D eigenvalue weighted by Crippen LogP contribution is -2.42. The summed E-state index contributed by atoms with van der Waals surface area (Å²) in [5, 5.41) is 16.8. The Balaban J connectivity index is 1.48. The van der Waals surface area contributed by atoms with Gasteiger partial charge in [-0.05, 0) is 46.7 Å². The normalized spacial score (nSPS) is 22.9. The minimum absolute atomic E-state index is 0.126. The topological polar surface area (TPSA) is 45.7 Å². The standard InChI is InChI=1S/C24H21NO2/c1-24(18-8-3-2-4-9-18)14-17(15-24)23(25-26)22-13-20-19-10-6-5-7-16(19)11-12-21(20)27-22/h2-13,17,26H,14-15H2,1H3/b25-23+. The summed E-state index contributed by atoms with van der Waals surface area (Å²) in [6, 6.07) is 24.9. The van der Waals surface area contributed by atoms with Gasteiger partial charge in [-0.15, -0.1) is 0 Å². The van der Waals surface area contributed by atoms with Gasteiger partial charge in [0.05, 0.1) is 0 Å².